The number of carboxylic acid groups (broad SMARTS) is 1. The zero-order chi connectivity index (χ0) is 18.7. The van der Waals surface area contributed by atoms with E-state index in [-0.39, 0.29) is 22.6 Å². The van der Waals surface area contributed by atoms with Gasteiger partial charge in [-0.25, -0.2) is 9.59 Å². The molecule has 0 fully saturated rings. The van der Waals surface area contributed by atoms with Crippen LogP contribution in [-0.4, -0.2) is 36.9 Å². The smallest absolute Gasteiger partial charge is 0.342 e. The first-order valence-corrected chi connectivity index (χ1v) is 7.43. The minimum atomic E-state index is -1.16. The lowest BCUT2D eigenvalue weighted by Gasteiger charge is -2.24. The van der Waals surface area contributed by atoms with Crippen molar-refractivity contribution < 1.29 is 28.9 Å². The van der Waals surface area contributed by atoms with Gasteiger partial charge in [0.1, 0.15) is 16.7 Å². The molecule has 0 atom stereocenters. The van der Waals surface area contributed by atoms with Crippen LogP contribution in [-0.2, 0) is 11.2 Å². The lowest BCUT2D eigenvalue weighted by molar-refractivity contribution is 0.00641. The molecule has 0 aliphatic rings. The zero-order valence-electron chi connectivity index (χ0n) is 15.0. The van der Waals surface area contributed by atoms with Crippen molar-refractivity contribution in [2.75, 3.05) is 14.2 Å². The highest BCUT2D eigenvalue weighted by atomic mass is 16.6. The van der Waals surface area contributed by atoms with Crippen molar-refractivity contribution in [2.24, 2.45) is 0 Å². The monoisotopic (exact) mass is 336 g/mol. The number of esters is 1. The minimum Gasteiger partial charge on any atom is -0.492 e. The average Bonchev–Trinajstić information content (AvgIpc) is 2.45. The van der Waals surface area contributed by atoms with Gasteiger partial charge in [-0.15, -0.1) is 6.58 Å². The Kier molecular flexibility index (Phi) is 6.01. The summed E-state index contributed by atoms with van der Waals surface area (Å²) in [5.74, 6) is -1.72. The SMILES string of the molecule is C=CCc1c(C)c(C(=O)O)c(OC)c(OC)c1C(=O)OC(C)(C)C. The number of benzene rings is 1. The van der Waals surface area contributed by atoms with E-state index in [0.29, 0.717) is 17.5 Å². The number of allylic oxidation sites excluding steroid dienone is 1. The molecule has 0 saturated carbocycles. The second-order valence-electron chi connectivity index (χ2n) is 6.22. The second kappa shape index (κ2) is 7.38. The number of rotatable bonds is 6. The number of methoxy groups -OCH3 is 2. The molecule has 0 aliphatic heterocycles. The summed E-state index contributed by atoms with van der Waals surface area (Å²) in [6.45, 7) is 10.5. The third-order valence-corrected chi connectivity index (χ3v) is 3.36. The van der Waals surface area contributed by atoms with E-state index in [0.717, 1.165) is 0 Å². The molecular weight excluding hydrogens is 312 g/mol. The van der Waals surface area contributed by atoms with Crippen LogP contribution in [0.5, 0.6) is 11.5 Å². The quantitative estimate of drug-likeness (QED) is 0.633. The first-order chi connectivity index (χ1) is 11.1. The van der Waals surface area contributed by atoms with Crippen LogP contribution in [0.4, 0.5) is 0 Å². The van der Waals surface area contributed by atoms with Crippen molar-refractivity contribution in [3.05, 3.63) is 34.9 Å². The molecule has 1 aromatic carbocycles. The number of aromatic carboxylic acids is 1. The molecule has 0 amide bonds. The van der Waals surface area contributed by atoms with E-state index in [1.807, 2.05) is 0 Å². The Labute approximate surface area is 142 Å². The van der Waals surface area contributed by atoms with E-state index in [4.69, 9.17) is 14.2 Å². The predicted molar refractivity (Wildman–Crippen MR) is 90.3 cm³/mol. The first kappa shape index (κ1) is 19.5. The van der Waals surface area contributed by atoms with E-state index in [2.05, 4.69) is 6.58 Å². The van der Waals surface area contributed by atoms with Gasteiger partial charge in [-0.1, -0.05) is 6.08 Å². The third kappa shape index (κ3) is 3.88. The molecule has 0 unspecified atom stereocenters. The van der Waals surface area contributed by atoms with Gasteiger partial charge in [-0.3, -0.25) is 0 Å². The topological polar surface area (TPSA) is 82.1 Å². The predicted octanol–water partition coefficient (Wildman–Crippen LogP) is 3.39. The summed E-state index contributed by atoms with van der Waals surface area (Å²) in [6, 6.07) is 0. The van der Waals surface area contributed by atoms with E-state index in [1.165, 1.54) is 14.2 Å². The van der Waals surface area contributed by atoms with Gasteiger partial charge in [0.2, 0.25) is 0 Å². The van der Waals surface area contributed by atoms with Crippen LogP contribution in [0.3, 0.4) is 0 Å². The number of carbonyl (C=O) groups is 2. The van der Waals surface area contributed by atoms with Crippen LogP contribution in [0.25, 0.3) is 0 Å². The Morgan fingerprint density at radius 1 is 1.12 bits per heavy atom. The summed E-state index contributed by atoms with van der Waals surface area (Å²) >= 11 is 0. The molecule has 0 radical (unpaired) electrons. The van der Waals surface area contributed by atoms with E-state index < -0.39 is 17.5 Å². The maximum absolute atomic E-state index is 12.7. The Morgan fingerprint density at radius 2 is 1.62 bits per heavy atom. The number of carbonyl (C=O) groups excluding carboxylic acids is 1. The van der Waals surface area contributed by atoms with Crippen molar-refractivity contribution in [1.29, 1.82) is 0 Å². The molecule has 1 rings (SSSR count). The molecule has 0 bridgehead atoms. The van der Waals surface area contributed by atoms with Crippen LogP contribution in [0.2, 0.25) is 0 Å². The highest BCUT2D eigenvalue weighted by molar-refractivity contribution is 6.02. The molecule has 0 aromatic heterocycles. The summed E-state index contributed by atoms with van der Waals surface area (Å²) in [7, 11) is 2.68. The fourth-order valence-electron chi connectivity index (χ4n) is 2.46. The van der Waals surface area contributed by atoms with E-state index in [9.17, 15) is 14.7 Å². The molecule has 0 heterocycles. The molecule has 1 N–H and O–H groups in total. The standard InChI is InChI=1S/C18H24O6/c1-8-9-11-10(2)12(16(19)20)14(22-6)15(23-7)13(11)17(21)24-18(3,4)5/h8H,1,9H2,2-7H3,(H,19,20). The van der Waals surface area contributed by atoms with Gasteiger partial charge in [0, 0.05) is 0 Å². The van der Waals surface area contributed by atoms with Crippen LogP contribution in [0.1, 0.15) is 52.6 Å². The molecule has 1 aromatic rings. The van der Waals surface area contributed by atoms with E-state index in [1.54, 1.807) is 33.8 Å². The zero-order valence-corrected chi connectivity index (χ0v) is 15.0. The molecule has 24 heavy (non-hydrogen) atoms. The van der Waals surface area contributed by atoms with Gasteiger partial charge in [-0.2, -0.15) is 0 Å². The minimum absolute atomic E-state index is 0.00354. The normalized spacial score (nSPS) is 10.9. The highest BCUT2D eigenvalue weighted by Crippen LogP contribution is 2.41. The molecular formula is C18H24O6. The molecule has 6 nitrogen and oxygen atoms in total. The summed E-state index contributed by atoms with van der Waals surface area (Å²) in [6.07, 6.45) is 1.88. The Balaban J connectivity index is 3.84. The Bertz CT molecular complexity index is 667. The van der Waals surface area contributed by atoms with Crippen molar-refractivity contribution in [3.63, 3.8) is 0 Å². The van der Waals surface area contributed by atoms with Crippen LogP contribution >= 0.6 is 0 Å². The van der Waals surface area contributed by atoms with Gasteiger partial charge in [0.05, 0.1) is 14.2 Å². The Morgan fingerprint density at radius 3 is 2.00 bits per heavy atom. The van der Waals surface area contributed by atoms with Crippen molar-refractivity contribution >= 4 is 11.9 Å². The second-order valence-corrected chi connectivity index (χ2v) is 6.22. The average molecular weight is 336 g/mol. The van der Waals surface area contributed by atoms with Crippen LogP contribution in [0.15, 0.2) is 12.7 Å². The fourth-order valence-corrected chi connectivity index (χ4v) is 2.46. The number of ether oxygens (including phenoxy) is 3. The first-order valence-electron chi connectivity index (χ1n) is 7.43. The van der Waals surface area contributed by atoms with Gasteiger partial charge in [0.25, 0.3) is 0 Å². The molecule has 6 heteroatoms. The largest absolute Gasteiger partial charge is 0.492 e. The van der Waals surface area contributed by atoms with E-state index >= 15 is 0 Å². The van der Waals surface area contributed by atoms with Crippen molar-refractivity contribution in [2.45, 2.75) is 39.7 Å². The van der Waals surface area contributed by atoms with Gasteiger partial charge >= 0.3 is 11.9 Å². The van der Waals surface area contributed by atoms with Gasteiger partial charge in [-0.05, 0) is 45.2 Å². The molecule has 0 spiro atoms. The summed E-state index contributed by atoms with van der Waals surface area (Å²) in [4.78, 5) is 24.4. The fraction of sp³-hybridized carbons (Fsp3) is 0.444. The van der Waals surface area contributed by atoms with Crippen molar-refractivity contribution in [3.8, 4) is 11.5 Å². The highest BCUT2D eigenvalue weighted by Gasteiger charge is 2.32. The summed E-state index contributed by atoms with van der Waals surface area (Å²) < 4.78 is 16.0. The molecule has 132 valence electrons. The maximum atomic E-state index is 12.7. The van der Waals surface area contributed by atoms with Gasteiger partial charge in [0.15, 0.2) is 11.5 Å². The lowest BCUT2D eigenvalue weighted by Crippen LogP contribution is -2.26. The summed E-state index contributed by atoms with van der Waals surface area (Å²) in [5.41, 5.74) is 0.320. The third-order valence-electron chi connectivity index (χ3n) is 3.36. The van der Waals surface area contributed by atoms with Crippen molar-refractivity contribution in [1.82, 2.24) is 0 Å². The maximum Gasteiger partial charge on any atom is 0.342 e. The molecule has 0 aliphatic carbocycles. The Hall–Kier alpha value is -2.50. The van der Waals surface area contributed by atoms with Crippen LogP contribution in [0, 0.1) is 6.92 Å². The van der Waals surface area contributed by atoms with Crippen LogP contribution < -0.4 is 9.47 Å². The number of hydrogen-bond donors (Lipinski definition) is 1. The van der Waals surface area contributed by atoms with Gasteiger partial charge < -0.3 is 19.3 Å². The lowest BCUT2D eigenvalue weighted by atomic mass is 9.92. The number of carboxylic acids is 1. The molecule has 0 saturated heterocycles. The summed E-state index contributed by atoms with van der Waals surface area (Å²) in [5, 5.41) is 9.53. The number of hydrogen-bond acceptors (Lipinski definition) is 5.